The molecule has 17 atom stereocenters. The highest BCUT2D eigenvalue weighted by molar-refractivity contribution is 5.76. The van der Waals surface area contributed by atoms with E-state index in [0.29, 0.717) is 12.8 Å². The van der Waals surface area contributed by atoms with Crippen molar-refractivity contribution in [3.8, 4) is 0 Å². The molecule has 0 aliphatic carbocycles. The first-order valence-corrected chi connectivity index (χ1v) is 34.7. The fourth-order valence-electron chi connectivity index (χ4n) is 11.8. The predicted octanol–water partition coefficient (Wildman–Crippen LogP) is 8.83. The number of unbranched alkanes of at least 4 members (excludes halogenated alkanes) is 33. The highest BCUT2D eigenvalue weighted by Gasteiger charge is 2.53. The Bertz CT molecular complexity index is 1720. The number of aliphatic hydroxyl groups is 11. The second-order valence-corrected chi connectivity index (χ2v) is 25.0. The van der Waals surface area contributed by atoms with Crippen molar-refractivity contribution in [2.75, 3.05) is 26.4 Å². The lowest BCUT2D eigenvalue weighted by Crippen LogP contribution is -2.66. The standard InChI is InChI=1S/C68H125NO18/c1-3-5-7-9-11-13-15-17-19-21-23-25-27-29-31-33-35-37-39-41-43-45-52(73)51(69-56(74)46-44-42-40-38-36-34-32-30-28-26-24-22-20-18-16-14-12-10-8-6-4-2)50-82-66-62(80)59(77)64(54(48-71)84-66)87-68-63(81)60(78)65(55(49-72)85-68)86-67-61(79)58(76)57(75)53(47-70)83-67/h27,29,35,37,43,45,51-55,57-68,70-73,75-81H,3-26,28,30-34,36,38-42,44,46-50H2,1-2H3,(H,69,74)/b29-27+,37-35+,45-43+. The highest BCUT2D eigenvalue weighted by atomic mass is 16.8. The van der Waals surface area contributed by atoms with Gasteiger partial charge in [-0.1, -0.05) is 243 Å². The van der Waals surface area contributed by atoms with Gasteiger partial charge < -0.3 is 89.9 Å². The van der Waals surface area contributed by atoms with Crippen LogP contribution in [0.5, 0.6) is 0 Å². The van der Waals surface area contributed by atoms with Gasteiger partial charge in [-0.3, -0.25) is 4.79 Å². The normalized spacial score (nSPS) is 28.8. The lowest BCUT2D eigenvalue weighted by molar-refractivity contribution is -0.379. The topological polar surface area (TPSA) is 307 Å². The summed E-state index contributed by atoms with van der Waals surface area (Å²) >= 11 is 0. The van der Waals surface area contributed by atoms with Gasteiger partial charge in [0.25, 0.3) is 0 Å². The molecular formula is C68H125NO18. The summed E-state index contributed by atoms with van der Waals surface area (Å²) in [6.45, 7) is 1.73. The Morgan fingerprint density at radius 1 is 0.402 bits per heavy atom. The molecule has 1 amide bonds. The number of ether oxygens (including phenoxy) is 6. The zero-order valence-corrected chi connectivity index (χ0v) is 53.8. The third-order valence-electron chi connectivity index (χ3n) is 17.4. The van der Waals surface area contributed by atoms with Crippen LogP contribution in [0.1, 0.15) is 258 Å². The Morgan fingerprint density at radius 2 is 0.736 bits per heavy atom. The van der Waals surface area contributed by atoms with Crippen molar-refractivity contribution in [3.05, 3.63) is 36.5 Å². The maximum Gasteiger partial charge on any atom is 0.220 e. The summed E-state index contributed by atoms with van der Waals surface area (Å²) < 4.78 is 34.3. The number of nitrogens with one attached hydrogen (secondary N) is 1. The highest BCUT2D eigenvalue weighted by Crippen LogP contribution is 2.33. The van der Waals surface area contributed by atoms with Crippen LogP contribution in [0.3, 0.4) is 0 Å². The van der Waals surface area contributed by atoms with Crippen LogP contribution in [-0.4, -0.2) is 193 Å². The van der Waals surface area contributed by atoms with Crippen LogP contribution in [0.2, 0.25) is 0 Å². The lowest BCUT2D eigenvalue weighted by atomic mass is 9.96. The summed E-state index contributed by atoms with van der Waals surface area (Å²) in [4.78, 5) is 13.4. The molecule has 3 rings (SSSR count). The van der Waals surface area contributed by atoms with Gasteiger partial charge in [-0.25, -0.2) is 0 Å². The fourth-order valence-corrected chi connectivity index (χ4v) is 11.8. The molecule has 3 saturated heterocycles. The second kappa shape index (κ2) is 50.6. The summed E-state index contributed by atoms with van der Waals surface area (Å²) in [5.74, 6) is -0.285. The molecule has 0 aromatic carbocycles. The molecule has 3 aliphatic heterocycles. The van der Waals surface area contributed by atoms with E-state index in [2.05, 4.69) is 43.5 Å². The monoisotopic (exact) mass is 1240 g/mol. The first-order valence-electron chi connectivity index (χ1n) is 34.7. The number of amides is 1. The number of rotatable bonds is 53. The number of carbonyl (C=O) groups excluding carboxylic acids is 1. The van der Waals surface area contributed by atoms with Crippen molar-refractivity contribution >= 4 is 5.91 Å². The van der Waals surface area contributed by atoms with Crippen LogP contribution in [0.25, 0.3) is 0 Å². The lowest BCUT2D eigenvalue weighted by Gasteiger charge is -2.48. The number of allylic oxidation sites excluding steroid dienone is 5. The van der Waals surface area contributed by atoms with Crippen molar-refractivity contribution in [1.82, 2.24) is 5.32 Å². The van der Waals surface area contributed by atoms with E-state index in [4.69, 9.17) is 28.4 Å². The van der Waals surface area contributed by atoms with Crippen molar-refractivity contribution in [3.63, 3.8) is 0 Å². The van der Waals surface area contributed by atoms with E-state index in [1.165, 1.54) is 180 Å². The zero-order chi connectivity index (χ0) is 63.3. The van der Waals surface area contributed by atoms with Crippen molar-refractivity contribution in [1.29, 1.82) is 0 Å². The van der Waals surface area contributed by atoms with Crippen LogP contribution < -0.4 is 5.32 Å². The van der Waals surface area contributed by atoms with Gasteiger partial charge in [0, 0.05) is 6.42 Å². The van der Waals surface area contributed by atoms with Crippen LogP contribution >= 0.6 is 0 Å². The van der Waals surface area contributed by atoms with Gasteiger partial charge >= 0.3 is 0 Å². The minimum Gasteiger partial charge on any atom is -0.394 e. The molecule has 12 N–H and O–H groups in total. The molecule has 0 spiro atoms. The first kappa shape index (κ1) is 79.2. The smallest absolute Gasteiger partial charge is 0.220 e. The van der Waals surface area contributed by atoms with E-state index in [-0.39, 0.29) is 18.9 Å². The second-order valence-electron chi connectivity index (χ2n) is 25.0. The first-order chi connectivity index (χ1) is 42.3. The van der Waals surface area contributed by atoms with Gasteiger partial charge in [0.2, 0.25) is 5.91 Å². The quantitative estimate of drug-likeness (QED) is 0.0200. The fraction of sp³-hybridized carbons (Fsp3) is 0.897. The van der Waals surface area contributed by atoms with Crippen molar-refractivity contribution in [2.45, 2.75) is 362 Å². The summed E-state index contributed by atoms with van der Waals surface area (Å²) in [5.41, 5.74) is 0. The SMILES string of the molecule is CCCCCCCCCCCCC/C=C/CC/C=C/CC/C=C/C(O)C(COC1OC(CO)C(OC2OC(CO)C(OC3OC(CO)C(O)C(O)C3O)C(O)C2O)C(O)C1O)NC(=O)CCCCCCCCCCCCCCCCCCCCCCC. The molecule has 3 aliphatic rings. The number of carbonyl (C=O) groups is 1. The number of hydrogen-bond donors (Lipinski definition) is 12. The number of aliphatic hydroxyl groups excluding tert-OH is 11. The molecule has 87 heavy (non-hydrogen) atoms. The van der Waals surface area contributed by atoms with Gasteiger partial charge in [-0.15, -0.1) is 0 Å². The Hall–Kier alpha value is -1.99. The average Bonchev–Trinajstić information content (AvgIpc) is 2.37. The summed E-state index contributed by atoms with van der Waals surface area (Å²) in [6, 6.07) is -0.994. The molecule has 19 nitrogen and oxygen atoms in total. The molecular weight excluding hydrogens is 1120 g/mol. The Balaban J connectivity index is 1.46. The molecule has 3 fully saturated rings. The Kier molecular flexibility index (Phi) is 46.0. The summed E-state index contributed by atoms with van der Waals surface area (Å²) in [5, 5.41) is 120. The van der Waals surface area contributed by atoms with Crippen LogP contribution in [0.15, 0.2) is 36.5 Å². The maximum atomic E-state index is 13.4. The van der Waals surface area contributed by atoms with E-state index in [1.54, 1.807) is 6.08 Å². The van der Waals surface area contributed by atoms with E-state index in [9.17, 15) is 61.0 Å². The molecule has 19 heteroatoms. The Morgan fingerprint density at radius 3 is 1.15 bits per heavy atom. The van der Waals surface area contributed by atoms with E-state index >= 15 is 0 Å². The van der Waals surface area contributed by atoms with E-state index in [0.717, 1.165) is 44.9 Å². The van der Waals surface area contributed by atoms with Gasteiger partial charge in [-0.05, 0) is 44.9 Å². The van der Waals surface area contributed by atoms with Crippen LogP contribution in [0, 0.1) is 0 Å². The molecule has 0 aromatic rings. The van der Waals surface area contributed by atoms with E-state index in [1.807, 2.05) is 6.08 Å². The largest absolute Gasteiger partial charge is 0.394 e. The van der Waals surface area contributed by atoms with Crippen molar-refractivity contribution in [2.24, 2.45) is 0 Å². The summed E-state index contributed by atoms with van der Waals surface area (Å²) in [6.07, 6.45) is 31.2. The maximum absolute atomic E-state index is 13.4. The average molecular weight is 1240 g/mol. The molecule has 17 unspecified atom stereocenters. The van der Waals surface area contributed by atoms with Crippen LogP contribution in [-0.2, 0) is 33.2 Å². The molecule has 0 aromatic heterocycles. The minimum atomic E-state index is -1.98. The Labute approximate surface area is 523 Å². The van der Waals surface area contributed by atoms with Gasteiger partial charge in [0.1, 0.15) is 73.2 Å². The van der Waals surface area contributed by atoms with Crippen molar-refractivity contribution < 1.29 is 89.4 Å². The molecule has 3 heterocycles. The summed E-state index contributed by atoms with van der Waals surface area (Å²) in [7, 11) is 0. The van der Waals surface area contributed by atoms with Gasteiger partial charge in [-0.2, -0.15) is 0 Å². The van der Waals surface area contributed by atoms with Crippen LogP contribution in [0.4, 0.5) is 0 Å². The third-order valence-corrected chi connectivity index (χ3v) is 17.4. The molecule has 510 valence electrons. The predicted molar refractivity (Wildman–Crippen MR) is 337 cm³/mol. The minimum absolute atomic E-state index is 0.236. The molecule has 0 saturated carbocycles. The van der Waals surface area contributed by atoms with Gasteiger partial charge in [0.15, 0.2) is 18.9 Å². The van der Waals surface area contributed by atoms with E-state index < -0.39 is 124 Å². The molecule has 0 radical (unpaired) electrons. The molecule has 0 bridgehead atoms. The number of hydrogen-bond acceptors (Lipinski definition) is 18. The zero-order valence-electron chi connectivity index (χ0n) is 53.8. The third kappa shape index (κ3) is 32.9. The van der Waals surface area contributed by atoms with Gasteiger partial charge in [0.05, 0.1) is 38.6 Å².